The molecule has 0 bridgehead atoms. The fourth-order valence-electron chi connectivity index (χ4n) is 6.45. The Morgan fingerprint density at radius 1 is 0.629 bits per heavy atom. The molecule has 1 atom stereocenters. The van der Waals surface area contributed by atoms with E-state index in [4.69, 9.17) is 0 Å². The van der Waals surface area contributed by atoms with E-state index in [0.717, 1.165) is 12.8 Å². The summed E-state index contributed by atoms with van der Waals surface area (Å²) in [7, 11) is 0. The van der Waals surface area contributed by atoms with Crippen molar-refractivity contribution < 1.29 is 0 Å². The van der Waals surface area contributed by atoms with E-state index in [-0.39, 0.29) is 0 Å². The molecule has 0 amide bonds. The van der Waals surface area contributed by atoms with Gasteiger partial charge < -0.3 is 0 Å². The second kappa shape index (κ2) is 8.86. The lowest BCUT2D eigenvalue weighted by atomic mass is 9.73. The molecule has 2 aliphatic carbocycles. The van der Waals surface area contributed by atoms with Gasteiger partial charge in [0.15, 0.2) is 0 Å². The summed E-state index contributed by atoms with van der Waals surface area (Å²) in [5.74, 6) is 0.688. The van der Waals surface area contributed by atoms with Gasteiger partial charge in [0.25, 0.3) is 0 Å². The summed E-state index contributed by atoms with van der Waals surface area (Å²) in [6, 6.07) is 38.1. The van der Waals surface area contributed by atoms with E-state index in [9.17, 15) is 0 Å². The lowest BCUT2D eigenvalue weighted by Crippen LogP contribution is -2.18. The molecule has 0 saturated heterocycles. The van der Waals surface area contributed by atoms with Crippen LogP contribution < -0.4 is 0 Å². The van der Waals surface area contributed by atoms with Crippen molar-refractivity contribution in [3.05, 3.63) is 153 Å². The number of hydrogen-bond donors (Lipinski definition) is 0. The van der Waals surface area contributed by atoms with Gasteiger partial charge in [-0.2, -0.15) is 0 Å². The zero-order chi connectivity index (χ0) is 23.9. The third kappa shape index (κ3) is 3.69. The molecule has 0 nitrogen and oxygen atoms in total. The molecule has 0 aromatic heterocycles. The van der Waals surface area contributed by atoms with Crippen LogP contribution in [0.5, 0.6) is 0 Å². The molecule has 0 fully saturated rings. The highest BCUT2D eigenvalue weighted by Gasteiger charge is 2.36. The number of hydrogen-bond acceptors (Lipinski definition) is 0. The molecule has 35 heavy (non-hydrogen) atoms. The average molecular weight is 453 g/mol. The Bertz CT molecular complexity index is 1410. The first-order chi connectivity index (χ1) is 17.1. The Labute approximate surface area is 209 Å². The van der Waals surface area contributed by atoms with E-state index >= 15 is 0 Å². The van der Waals surface area contributed by atoms with Crippen LogP contribution >= 0.6 is 0 Å². The van der Waals surface area contributed by atoms with Crippen molar-refractivity contribution in [2.45, 2.75) is 39.5 Å². The minimum Gasteiger partial charge on any atom is -0.0622 e. The van der Waals surface area contributed by atoms with Crippen LogP contribution in [0.15, 0.2) is 125 Å². The first kappa shape index (κ1) is 21.9. The van der Waals surface area contributed by atoms with Crippen molar-refractivity contribution in [3.8, 4) is 11.1 Å². The Morgan fingerprint density at radius 3 is 1.91 bits per heavy atom. The smallest absolute Gasteiger partial charge is 0.0193 e. The van der Waals surface area contributed by atoms with E-state index in [2.05, 4.69) is 124 Å². The third-order valence-electron chi connectivity index (χ3n) is 8.46. The van der Waals surface area contributed by atoms with Gasteiger partial charge in [0.1, 0.15) is 0 Å². The lowest BCUT2D eigenvalue weighted by Gasteiger charge is -2.30. The van der Waals surface area contributed by atoms with Crippen LogP contribution in [0, 0.1) is 5.92 Å². The predicted octanol–water partition coefficient (Wildman–Crippen LogP) is 8.92. The summed E-state index contributed by atoms with van der Waals surface area (Å²) >= 11 is 0. The summed E-state index contributed by atoms with van der Waals surface area (Å²) in [5.41, 5.74) is 16.2. The molecular formula is C35H32. The number of fused-ring (bicyclic) bond motifs is 3. The first-order valence-electron chi connectivity index (χ1n) is 12.8. The van der Waals surface area contributed by atoms with Gasteiger partial charge in [0, 0.05) is 11.8 Å². The molecule has 6 rings (SSSR count). The van der Waals surface area contributed by atoms with Crippen molar-refractivity contribution in [3.63, 3.8) is 0 Å². The van der Waals surface area contributed by atoms with Crippen LogP contribution in [0.2, 0.25) is 0 Å². The second-order valence-corrected chi connectivity index (χ2v) is 10.2. The molecule has 2 aliphatic rings. The van der Waals surface area contributed by atoms with E-state index in [0.29, 0.717) is 11.8 Å². The van der Waals surface area contributed by atoms with Gasteiger partial charge >= 0.3 is 0 Å². The van der Waals surface area contributed by atoms with E-state index in [1.54, 1.807) is 5.57 Å². The van der Waals surface area contributed by atoms with Crippen LogP contribution in [-0.4, -0.2) is 0 Å². The van der Waals surface area contributed by atoms with E-state index < -0.39 is 0 Å². The summed E-state index contributed by atoms with van der Waals surface area (Å²) in [6.45, 7) is 7.03. The van der Waals surface area contributed by atoms with Crippen molar-refractivity contribution in [1.82, 2.24) is 0 Å². The predicted molar refractivity (Wildman–Crippen MR) is 148 cm³/mol. The monoisotopic (exact) mass is 452 g/mol. The topological polar surface area (TPSA) is 0 Å². The summed E-state index contributed by atoms with van der Waals surface area (Å²) in [4.78, 5) is 0. The molecule has 0 radical (unpaired) electrons. The molecule has 0 aliphatic heterocycles. The number of rotatable bonds is 5. The lowest BCUT2D eigenvalue weighted by molar-refractivity contribution is 0.610. The Morgan fingerprint density at radius 2 is 1.23 bits per heavy atom. The highest BCUT2D eigenvalue weighted by Crippen LogP contribution is 2.49. The fraction of sp³-hybridized carbons (Fsp3) is 0.200. The van der Waals surface area contributed by atoms with Gasteiger partial charge in [0.2, 0.25) is 0 Å². The molecule has 172 valence electrons. The van der Waals surface area contributed by atoms with Crippen LogP contribution in [0.1, 0.15) is 54.5 Å². The maximum Gasteiger partial charge on any atom is 0.0193 e. The van der Waals surface area contributed by atoms with Gasteiger partial charge in [-0.25, -0.2) is 0 Å². The number of benzene rings is 4. The second-order valence-electron chi connectivity index (χ2n) is 10.2. The Kier molecular flexibility index (Phi) is 5.53. The zero-order valence-electron chi connectivity index (χ0n) is 20.9. The van der Waals surface area contributed by atoms with Gasteiger partial charge in [-0.05, 0) is 83.7 Å². The molecule has 4 aromatic carbocycles. The molecule has 0 spiro atoms. The van der Waals surface area contributed by atoms with Crippen LogP contribution in [0.4, 0.5) is 0 Å². The third-order valence-corrected chi connectivity index (χ3v) is 8.46. The maximum absolute atomic E-state index is 2.37. The molecule has 1 unspecified atom stereocenters. The summed E-state index contributed by atoms with van der Waals surface area (Å²) in [5, 5.41) is 0. The van der Waals surface area contributed by atoms with Gasteiger partial charge in [-0.15, -0.1) is 0 Å². The SMILES string of the molecule is CC1=C(C)C(C(c2ccccc2)c2ccccc2)C(Cc2cccc3c2Cc2ccccc2-3)=C1C. The standard InChI is InChI=1S/C35H32/c1-23-24(2)32(21-29-18-12-20-31-30-19-11-10-17-28(30)22-33(29)31)34(25(23)3)35(26-13-6-4-7-14-26)27-15-8-5-9-16-27/h4-20,34-35H,21-22H2,1-3H3. The van der Waals surface area contributed by atoms with E-state index in [1.807, 2.05) is 0 Å². The molecule has 0 saturated carbocycles. The van der Waals surface area contributed by atoms with Crippen molar-refractivity contribution in [2.75, 3.05) is 0 Å². The fourth-order valence-corrected chi connectivity index (χ4v) is 6.45. The highest BCUT2D eigenvalue weighted by atomic mass is 14.4. The maximum atomic E-state index is 2.37. The van der Waals surface area contributed by atoms with Crippen LogP contribution in [0.3, 0.4) is 0 Å². The average Bonchev–Trinajstić information content (AvgIpc) is 3.38. The first-order valence-corrected chi connectivity index (χ1v) is 12.8. The minimum absolute atomic E-state index is 0.314. The zero-order valence-corrected chi connectivity index (χ0v) is 20.9. The molecular weight excluding hydrogens is 420 g/mol. The largest absolute Gasteiger partial charge is 0.0622 e. The highest BCUT2D eigenvalue weighted by molar-refractivity contribution is 5.78. The van der Waals surface area contributed by atoms with Crippen molar-refractivity contribution in [1.29, 1.82) is 0 Å². The molecule has 0 heteroatoms. The normalized spacial score (nSPS) is 16.7. The Hall–Kier alpha value is -3.64. The number of allylic oxidation sites excluding steroid dienone is 4. The van der Waals surface area contributed by atoms with Gasteiger partial charge in [-0.1, -0.05) is 114 Å². The van der Waals surface area contributed by atoms with E-state index in [1.165, 1.54) is 55.7 Å². The molecule has 4 aromatic rings. The van der Waals surface area contributed by atoms with Gasteiger partial charge in [0.05, 0.1) is 0 Å². The molecule has 0 N–H and O–H groups in total. The quantitative estimate of drug-likeness (QED) is 0.250. The van der Waals surface area contributed by atoms with Crippen LogP contribution in [0.25, 0.3) is 11.1 Å². The van der Waals surface area contributed by atoms with Crippen LogP contribution in [-0.2, 0) is 12.8 Å². The summed E-state index contributed by atoms with van der Waals surface area (Å²) < 4.78 is 0. The van der Waals surface area contributed by atoms with Crippen molar-refractivity contribution >= 4 is 0 Å². The Balaban J connectivity index is 1.45. The minimum atomic E-state index is 0.314. The summed E-state index contributed by atoms with van der Waals surface area (Å²) in [6.07, 6.45) is 2.06. The van der Waals surface area contributed by atoms with Gasteiger partial charge in [-0.3, -0.25) is 0 Å². The molecule has 0 heterocycles. The van der Waals surface area contributed by atoms with Crippen molar-refractivity contribution in [2.24, 2.45) is 5.92 Å².